The van der Waals surface area contributed by atoms with E-state index in [1.54, 1.807) is 0 Å². The molecule has 1 heterocycles. The van der Waals surface area contributed by atoms with Gasteiger partial charge in [0.15, 0.2) is 0 Å². The van der Waals surface area contributed by atoms with E-state index in [1.807, 2.05) is 36.4 Å². The van der Waals surface area contributed by atoms with Crippen molar-refractivity contribution in [3.63, 3.8) is 0 Å². The van der Waals surface area contributed by atoms with Gasteiger partial charge >= 0.3 is 0 Å². The summed E-state index contributed by atoms with van der Waals surface area (Å²) in [5, 5.41) is 0. The number of fused-ring (bicyclic) bond motifs is 3. The zero-order valence-electron chi connectivity index (χ0n) is 8.10. The second-order valence-electron chi connectivity index (χ2n) is 3.60. The maximum atomic E-state index is 11.7. The average molecular weight is 195 g/mol. The molecule has 0 radical (unpaired) electrons. The van der Waals surface area contributed by atoms with E-state index in [-0.39, 0.29) is 5.91 Å². The summed E-state index contributed by atoms with van der Waals surface area (Å²) in [7, 11) is 0. The Balaban J connectivity index is 2.28. The van der Waals surface area contributed by atoms with E-state index >= 15 is 0 Å². The van der Waals surface area contributed by atoms with Gasteiger partial charge in [-0.05, 0) is 24.1 Å². The summed E-state index contributed by atoms with van der Waals surface area (Å²) in [6.07, 6.45) is 6.97. The molecule has 1 aliphatic carbocycles. The molecule has 0 N–H and O–H groups in total. The van der Waals surface area contributed by atoms with Crippen molar-refractivity contribution in [2.24, 2.45) is 4.99 Å². The smallest absolute Gasteiger partial charge is 0.267 e. The van der Waals surface area contributed by atoms with Crippen LogP contribution in [0.15, 0.2) is 47.5 Å². The Hall–Kier alpha value is -1.96. The van der Waals surface area contributed by atoms with Crippen LogP contribution in [0.4, 0.5) is 0 Å². The number of benzene rings is 1. The Morgan fingerprint density at radius 2 is 1.93 bits per heavy atom. The molecule has 0 spiro atoms. The van der Waals surface area contributed by atoms with Crippen molar-refractivity contribution in [3.05, 3.63) is 53.6 Å². The van der Waals surface area contributed by atoms with Crippen LogP contribution in [-0.4, -0.2) is 11.6 Å². The van der Waals surface area contributed by atoms with E-state index in [0.29, 0.717) is 5.56 Å². The van der Waals surface area contributed by atoms with Crippen molar-refractivity contribution < 1.29 is 4.79 Å². The standard InChI is InChI=1S/C13H9NO/c15-13-11-7-2-1-5-9(11)10-6-3-4-8-12(10)14-13/h1-2,4-8H,3H2. The Kier molecular flexibility index (Phi) is 1.68. The number of aliphatic imine (C=N–C) groups is 1. The first-order valence-corrected chi connectivity index (χ1v) is 4.96. The molecule has 0 saturated carbocycles. The van der Waals surface area contributed by atoms with Crippen molar-refractivity contribution in [3.8, 4) is 0 Å². The summed E-state index contributed by atoms with van der Waals surface area (Å²) in [6.45, 7) is 0. The van der Waals surface area contributed by atoms with Crippen LogP contribution < -0.4 is 0 Å². The van der Waals surface area contributed by atoms with Gasteiger partial charge in [-0.25, -0.2) is 4.99 Å². The minimum atomic E-state index is -0.135. The Morgan fingerprint density at radius 1 is 1.13 bits per heavy atom. The highest BCUT2D eigenvalue weighted by atomic mass is 16.1. The number of nitrogens with zero attached hydrogens (tertiary/aromatic N) is 1. The van der Waals surface area contributed by atoms with E-state index < -0.39 is 0 Å². The topological polar surface area (TPSA) is 29.4 Å². The molecule has 1 aromatic rings. The zero-order valence-corrected chi connectivity index (χ0v) is 8.10. The molecule has 0 unspecified atom stereocenters. The molecular formula is C13H9NO. The third-order valence-electron chi connectivity index (χ3n) is 2.68. The molecule has 2 nitrogen and oxygen atoms in total. The molecule has 2 heteroatoms. The summed E-state index contributed by atoms with van der Waals surface area (Å²) in [4.78, 5) is 15.8. The SMILES string of the molecule is O=C1N=C2C=CCC=C2c2ccccc21. The van der Waals surface area contributed by atoms with Gasteiger partial charge in [0.1, 0.15) is 0 Å². The molecule has 3 rings (SSSR count). The lowest BCUT2D eigenvalue weighted by molar-refractivity contribution is 0.100. The summed E-state index contributed by atoms with van der Waals surface area (Å²) in [5.41, 5.74) is 3.61. The van der Waals surface area contributed by atoms with Crippen molar-refractivity contribution in [1.82, 2.24) is 0 Å². The molecule has 0 saturated heterocycles. The minimum Gasteiger partial charge on any atom is -0.267 e. The fourth-order valence-electron chi connectivity index (χ4n) is 1.98. The number of hydrogen-bond donors (Lipinski definition) is 0. The first-order valence-electron chi connectivity index (χ1n) is 4.96. The highest BCUT2D eigenvalue weighted by Gasteiger charge is 2.22. The molecule has 0 atom stereocenters. The first kappa shape index (κ1) is 8.36. The minimum absolute atomic E-state index is 0.135. The third kappa shape index (κ3) is 1.18. The van der Waals surface area contributed by atoms with Crippen LogP contribution in [0.3, 0.4) is 0 Å². The van der Waals surface area contributed by atoms with Crippen LogP contribution in [0.1, 0.15) is 22.3 Å². The molecule has 0 fully saturated rings. The number of amides is 1. The van der Waals surface area contributed by atoms with Crippen LogP contribution in [-0.2, 0) is 0 Å². The van der Waals surface area contributed by atoms with Crippen LogP contribution in [0, 0.1) is 0 Å². The lowest BCUT2D eigenvalue weighted by Crippen LogP contribution is -2.15. The molecule has 0 bridgehead atoms. The van der Waals surface area contributed by atoms with Crippen LogP contribution in [0.25, 0.3) is 5.57 Å². The van der Waals surface area contributed by atoms with Crippen molar-refractivity contribution in [2.45, 2.75) is 6.42 Å². The average Bonchev–Trinajstić information content (AvgIpc) is 2.30. The van der Waals surface area contributed by atoms with Gasteiger partial charge in [-0.3, -0.25) is 4.79 Å². The maximum Gasteiger partial charge on any atom is 0.278 e. The van der Waals surface area contributed by atoms with Crippen molar-refractivity contribution in [1.29, 1.82) is 0 Å². The largest absolute Gasteiger partial charge is 0.278 e. The molecule has 15 heavy (non-hydrogen) atoms. The van der Waals surface area contributed by atoms with Crippen LogP contribution in [0.2, 0.25) is 0 Å². The molecule has 2 aliphatic rings. The van der Waals surface area contributed by atoms with Crippen LogP contribution >= 0.6 is 0 Å². The van der Waals surface area contributed by atoms with E-state index in [0.717, 1.165) is 23.3 Å². The molecule has 1 aromatic carbocycles. The zero-order chi connectivity index (χ0) is 10.3. The normalized spacial score (nSPS) is 17.7. The second kappa shape index (κ2) is 3.02. The number of hydrogen-bond acceptors (Lipinski definition) is 1. The van der Waals surface area contributed by atoms with Crippen molar-refractivity contribution in [2.75, 3.05) is 0 Å². The van der Waals surface area contributed by atoms with Gasteiger partial charge < -0.3 is 0 Å². The first-order chi connectivity index (χ1) is 7.36. The number of carbonyl (C=O) groups is 1. The van der Waals surface area contributed by atoms with E-state index in [4.69, 9.17) is 0 Å². The molecule has 1 amide bonds. The van der Waals surface area contributed by atoms with Gasteiger partial charge in [-0.15, -0.1) is 0 Å². The van der Waals surface area contributed by atoms with Crippen LogP contribution in [0.5, 0.6) is 0 Å². The molecule has 0 aromatic heterocycles. The van der Waals surface area contributed by atoms with E-state index in [2.05, 4.69) is 11.1 Å². The number of rotatable bonds is 0. The number of carbonyl (C=O) groups excluding carboxylic acids is 1. The fourth-order valence-corrected chi connectivity index (χ4v) is 1.98. The third-order valence-corrected chi connectivity index (χ3v) is 2.68. The Morgan fingerprint density at radius 3 is 2.80 bits per heavy atom. The van der Waals surface area contributed by atoms with Gasteiger partial charge in [0.25, 0.3) is 5.91 Å². The predicted molar refractivity (Wildman–Crippen MR) is 59.9 cm³/mol. The summed E-state index contributed by atoms with van der Waals surface area (Å²) < 4.78 is 0. The van der Waals surface area contributed by atoms with Crippen molar-refractivity contribution >= 4 is 17.2 Å². The summed E-state index contributed by atoms with van der Waals surface area (Å²) in [6, 6.07) is 7.63. The van der Waals surface area contributed by atoms with E-state index in [9.17, 15) is 4.79 Å². The Bertz CT molecular complexity index is 535. The monoisotopic (exact) mass is 195 g/mol. The molecule has 1 aliphatic heterocycles. The lowest BCUT2D eigenvalue weighted by atomic mass is 9.90. The predicted octanol–water partition coefficient (Wildman–Crippen LogP) is 2.62. The highest BCUT2D eigenvalue weighted by Crippen LogP contribution is 2.28. The van der Waals surface area contributed by atoms with Gasteiger partial charge in [0.2, 0.25) is 0 Å². The highest BCUT2D eigenvalue weighted by molar-refractivity contribution is 6.36. The Labute approximate surface area is 87.7 Å². The van der Waals surface area contributed by atoms with E-state index in [1.165, 1.54) is 0 Å². The number of allylic oxidation sites excluding steroid dienone is 4. The van der Waals surface area contributed by atoms with Gasteiger partial charge in [-0.2, -0.15) is 0 Å². The molecular weight excluding hydrogens is 186 g/mol. The maximum absolute atomic E-state index is 11.7. The van der Waals surface area contributed by atoms with Gasteiger partial charge in [0, 0.05) is 11.1 Å². The van der Waals surface area contributed by atoms with Gasteiger partial charge in [0.05, 0.1) is 5.71 Å². The lowest BCUT2D eigenvalue weighted by Gasteiger charge is -2.18. The molecule has 72 valence electrons. The quantitative estimate of drug-likeness (QED) is 0.625. The second-order valence-corrected chi connectivity index (χ2v) is 3.60. The fraction of sp³-hybridized carbons (Fsp3) is 0.0769. The van der Waals surface area contributed by atoms with Gasteiger partial charge in [-0.1, -0.05) is 30.4 Å². The summed E-state index contributed by atoms with van der Waals surface area (Å²) >= 11 is 0. The summed E-state index contributed by atoms with van der Waals surface area (Å²) in [5.74, 6) is -0.135.